The minimum atomic E-state index is -0.304. The zero-order valence-corrected chi connectivity index (χ0v) is 15.3. The van der Waals surface area contributed by atoms with Crippen LogP contribution in [0.2, 0.25) is 0 Å². The molecule has 134 valence electrons. The number of aromatic nitrogens is 1. The molecular formula is C20H20N2O3S. The highest BCUT2D eigenvalue weighted by molar-refractivity contribution is 7.13. The molecule has 1 heterocycles. The van der Waals surface area contributed by atoms with Gasteiger partial charge in [-0.05, 0) is 31.2 Å². The molecule has 0 unspecified atom stereocenters. The van der Waals surface area contributed by atoms with Gasteiger partial charge in [-0.2, -0.15) is 0 Å². The number of hydrogen-bond donors (Lipinski definition) is 1. The molecule has 0 aliphatic rings. The highest BCUT2D eigenvalue weighted by Crippen LogP contribution is 2.21. The molecule has 0 aliphatic carbocycles. The first-order valence-corrected chi connectivity index (χ1v) is 9.18. The standard InChI is InChI=1S/C20H20N2O3S/c1-15-7-9-16(10-8-15)21-20-22-17(14-26-20)13-25-19(23)11-12-24-18-5-3-2-4-6-18/h2-10,14H,11-13H2,1H3,(H,21,22). The first-order chi connectivity index (χ1) is 12.7. The summed E-state index contributed by atoms with van der Waals surface area (Å²) in [5, 5.41) is 5.89. The van der Waals surface area contributed by atoms with E-state index < -0.39 is 0 Å². The number of esters is 1. The van der Waals surface area contributed by atoms with Gasteiger partial charge in [-0.25, -0.2) is 4.98 Å². The number of thiazole rings is 1. The van der Waals surface area contributed by atoms with Gasteiger partial charge in [0, 0.05) is 11.1 Å². The number of anilines is 2. The number of ether oxygens (including phenoxy) is 2. The summed E-state index contributed by atoms with van der Waals surface area (Å²) in [6.45, 7) is 2.50. The Balaban J connectivity index is 1.40. The normalized spacial score (nSPS) is 10.3. The smallest absolute Gasteiger partial charge is 0.309 e. The fourth-order valence-electron chi connectivity index (χ4n) is 2.19. The van der Waals surface area contributed by atoms with Crippen LogP contribution in [-0.4, -0.2) is 17.6 Å². The van der Waals surface area contributed by atoms with Crippen LogP contribution in [0.25, 0.3) is 0 Å². The average molecular weight is 368 g/mol. The summed E-state index contributed by atoms with van der Waals surface area (Å²) in [7, 11) is 0. The van der Waals surface area contributed by atoms with Gasteiger partial charge >= 0.3 is 5.97 Å². The van der Waals surface area contributed by atoms with E-state index in [-0.39, 0.29) is 19.0 Å². The number of carbonyl (C=O) groups is 1. The Morgan fingerprint density at radius 2 is 1.88 bits per heavy atom. The van der Waals surface area contributed by atoms with Crippen LogP contribution >= 0.6 is 11.3 Å². The van der Waals surface area contributed by atoms with E-state index >= 15 is 0 Å². The molecule has 6 heteroatoms. The van der Waals surface area contributed by atoms with Crippen LogP contribution in [-0.2, 0) is 16.1 Å². The van der Waals surface area contributed by atoms with E-state index in [4.69, 9.17) is 9.47 Å². The number of nitrogens with zero attached hydrogens (tertiary/aromatic N) is 1. The number of carbonyl (C=O) groups excluding carboxylic acids is 1. The Kier molecular flexibility index (Phi) is 6.22. The minimum Gasteiger partial charge on any atom is -0.493 e. The van der Waals surface area contributed by atoms with E-state index in [9.17, 15) is 4.79 Å². The molecule has 0 radical (unpaired) electrons. The summed E-state index contributed by atoms with van der Waals surface area (Å²) in [5.41, 5.74) is 2.91. The number of aryl methyl sites for hydroxylation is 1. The van der Waals surface area contributed by atoms with Crippen molar-refractivity contribution in [1.82, 2.24) is 4.98 Å². The second-order valence-corrected chi connectivity index (χ2v) is 6.57. The largest absolute Gasteiger partial charge is 0.493 e. The number of nitrogens with one attached hydrogen (secondary N) is 1. The molecule has 26 heavy (non-hydrogen) atoms. The van der Waals surface area contributed by atoms with Crippen LogP contribution in [0.1, 0.15) is 17.7 Å². The van der Waals surface area contributed by atoms with Gasteiger partial charge in [0.2, 0.25) is 0 Å². The van der Waals surface area contributed by atoms with Gasteiger partial charge in [-0.1, -0.05) is 35.9 Å². The molecule has 5 nitrogen and oxygen atoms in total. The Labute approximate surface area is 156 Å². The third kappa shape index (κ3) is 5.60. The molecule has 1 N–H and O–H groups in total. The molecule has 3 aromatic rings. The number of para-hydroxylation sites is 1. The summed E-state index contributed by atoms with van der Waals surface area (Å²) in [4.78, 5) is 16.2. The third-order valence-electron chi connectivity index (χ3n) is 3.55. The van der Waals surface area contributed by atoms with Gasteiger partial charge in [0.05, 0.1) is 18.7 Å². The van der Waals surface area contributed by atoms with Crippen molar-refractivity contribution in [2.45, 2.75) is 20.0 Å². The van der Waals surface area contributed by atoms with E-state index in [2.05, 4.69) is 10.3 Å². The number of benzene rings is 2. The summed E-state index contributed by atoms with van der Waals surface area (Å²) in [6.07, 6.45) is 0.202. The molecule has 0 spiro atoms. The van der Waals surface area contributed by atoms with Crippen LogP contribution in [0.4, 0.5) is 10.8 Å². The molecule has 0 saturated heterocycles. The first kappa shape index (κ1) is 17.9. The lowest BCUT2D eigenvalue weighted by atomic mass is 10.2. The van der Waals surface area contributed by atoms with E-state index in [0.717, 1.165) is 22.3 Å². The fraction of sp³-hybridized carbons (Fsp3) is 0.200. The van der Waals surface area contributed by atoms with Crippen molar-refractivity contribution in [3.05, 3.63) is 71.2 Å². The quantitative estimate of drug-likeness (QED) is 0.584. The van der Waals surface area contributed by atoms with Gasteiger partial charge in [0.1, 0.15) is 12.4 Å². The molecule has 2 aromatic carbocycles. The Morgan fingerprint density at radius 3 is 2.65 bits per heavy atom. The number of hydrogen-bond acceptors (Lipinski definition) is 6. The molecule has 0 atom stereocenters. The van der Waals surface area contributed by atoms with E-state index in [0.29, 0.717) is 6.61 Å². The van der Waals surface area contributed by atoms with Crippen molar-refractivity contribution in [1.29, 1.82) is 0 Å². The Morgan fingerprint density at radius 1 is 1.12 bits per heavy atom. The maximum Gasteiger partial charge on any atom is 0.309 e. The zero-order chi connectivity index (χ0) is 18.2. The second kappa shape index (κ2) is 9.01. The van der Waals surface area contributed by atoms with Crippen LogP contribution in [0.5, 0.6) is 5.75 Å². The van der Waals surface area contributed by atoms with Gasteiger partial charge in [0.15, 0.2) is 5.13 Å². The highest BCUT2D eigenvalue weighted by atomic mass is 32.1. The van der Waals surface area contributed by atoms with Crippen molar-refractivity contribution in [2.24, 2.45) is 0 Å². The molecule has 0 saturated carbocycles. The van der Waals surface area contributed by atoms with Gasteiger partial charge in [-0.3, -0.25) is 4.79 Å². The van der Waals surface area contributed by atoms with E-state index in [1.165, 1.54) is 16.9 Å². The maximum atomic E-state index is 11.8. The first-order valence-electron chi connectivity index (χ1n) is 8.30. The molecule has 0 fully saturated rings. The van der Waals surface area contributed by atoms with Crippen molar-refractivity contribution in [3.63, 3.8) is 0 Å². The monoisotopic (exact) mass is 368 g/mol. The summed E-state index contributed by atoms with van der Waals surface area (Å²) in [5.74, 6) is 0.439. The van der Waals surface area contributed by atoms with Crippen molar-refractivity contribution in [2.75, 3.05) is 11.9 Å². The predicted molar refractivity (Wildman–Crippen MR) is 103 cm³/mol. The topological polar surface area (TPSA) is 60.5 Å². The molecule has 0 aliphatic heterocycles. The maximum absolute atomic E-state index is 11.8. The SMILES string of the molecule is Cc1ccc(Nc2nc(COC(=O)CCOc3ccccc3)cs2)cc1. The molecule has 0 bridgehead atoms. The third-order valence-corrected chi connectivity index (χ3v) is 4.36. The Bertz CT molecular complexity index is 832. The lowest BCUT2D eigenvalue weighted by Crippen LogP contribution is -2.10. The molecular weight excluding hydrogens is 348 g/mol. The van der Waals surface area contributed by atoms with Crippen LogP contribution in [0, 0.1) is 6.92 Å². The van der Waals surface area contributed by atoms with Crippen molar-refractivity contribution < 1.29 is 14.3 Å². The van der Waals surface area contributed by atoms with Crippen LogP contribution in [0.15, 0.2) is 60.0 Å². The molecule has 1 aromatic heterocycles. The summed E-state index contributed by atoms with van der Waals surface area (Å²) in [6, 6.07) is 17.5. The Hall–Kier alpha value is -2.86. The molecule has 3 rings (SSSR count). The molecule has 0 amide bonds. The van der Waals surface area contributed by atoms with Gasteiger partial charge < -0.3 is 14.8 Å². The van der Waals surface area contributed by atoms with Crippen molar-refractivity contribution in [3.8, 4) is 5.75 Å². The van der Waals surface area contributed by atoms with Crippen LogP contribution < -0.4 is 10.1 Å². The van der Waals surface area contributed by atoms with Gasteiger partial charge in [0.25, 0.3) is 0 Å². The lowest BCUT2D eigenvalue weighted by Gasteiger charge is -2.06. The van der Waals surface area contributed by atoms with E-state index in [1.807, 2.05) is 66.9 Å². The lowest BCUT2D eigenvalue weighted by molar-refractivity contribution is -0.145. The second-order valence-electron chi connectivity index (χ2n) is 5.71. The van der Waals surface area contributed by atoms with Gasteiger partial charge in [-0.15, -0.1) is 11.3 Å². The minimum absolute atomic E-state index is 0.163. The fourth-order valence-corrected chi connectivity index (χ4v) is 2.90. The van der Waals surface area contributed by atoms with Crippen molar-refractivity contribution >= 4 is 28.1 Å². The number of rotatable bonds is 8. The van der Waals surface area contributed by atoms with Crippen LogP contribution in [0.3, 0.4) is 0 Å². The zero-order valence-electron chi connectivity index (χ0n) is 14.5. The summed E-state index contributed by atoms with van der Waals surface area (Å²) >= 11 is 1.48. The van der Waals surface area contributed by atoms with E-state index in [1.54, 1.807) is 0 Å². The predicted octanol–water partition coefficient (Wildman–Crippen LogP) is 4.71. The average Bonchev–Trinajstić information content (AvgIpc) is 3.10. The summed E-state index contributed by atoms with van der Waals surface area (Å²) < 4.78 is 10.7. The highest BCUT2D eigenvalue weighted by Gasteiger charge is 2.07.